The summed E-state index contributed by atoms with van der Waals surface area (Å²) in [4.78, 5) is 4.27. The van der Waals surface area contributed by atoms with E-state index in [4.69, 9.17) is 22.1 Å². The molecule has 0 saturated carbocycles. The van der Waals surface area contributed by atoms with Crippen LogP contribution in [0.4, 0.5) is 5.69 Å². The summed E-state index contributed by atoms with van der Waals surface area (Å²) in [6.45, 7) is 0. The van der Waals surface area contributed by atoms with Gasteiger partial charge in [-0.3, -0.25) is 0 Å². The number of nitrogens with two attached hydrogens (primary N) is 1. The van der Waals surface area contributed by atoms with Crippen LogP contribution in [-0.4, -0.2) is 11.4 Å². The summed E-state index contributed by atoms with van der Waals surface area (Å²) in [5, 5.41) is 0.941. The second-order valence-electron chi connectivity index (χ2n) is 3.66. The molecule has 2 N–H and O–H groups in total. The van der Waals surface area contributed by atoms with Gasteiger partial charge in [-0.15, -0.1) is 0 Å². The third-order valence-corrected chi connectivity index (χ3v) is 3.17. The van der Waals surface area contributed by atoms with Crippen molar-refractivity contribution in [2.45, 2.75) is 0 Å². The second kappa shape index (κ2) is 6.50. The number of aliphatic imine (C=N–C) groups is 1. The zero-order chi connectivity index (χ0) is 13.7. The van der Waals surface area contributed by atoms with E-state index in [0.717, 1.165) is 5.75 Å². The molecule has 3 nitrogen and oxygen atoms in total. The van der Waals surface area contributed by atoms with Gasteiger partial charge < -0.3 is 10.5 Å². The Balaban J connectivity index is 2.38. The van der Waals surface area contributed by atoms with E-state index in [2.05, 4.69) is 4.99 Å². The van der Waals surface area contributed by atoms with Crippen molar-refractivity contribution in [3.63, 3.8) is 0 Å². The Kier molecular flexibility index (Phi) is 4.71. The van der Waals surface area contributed by atoms with Gasteiger partial charge in [0.15, 0.2) is 10.9 Å². The molecule has 0 fully saturated rings. The van der Waals surface area contributed by atoms with Crippen molar-refractivity contribution >= 4 is 34.2 Å². The van der Waals surface area contributed by atoms with E-state index >= 15 is 0 Å². The molecule has 0 radical (unpaired) electrons. The van der Waals surface area contributed by atoms with Crippen LogP contribution in [0.1, 0.15) is 0 Å². The van der Waals surface area contributed by atoms with E-state index in [9.17, 15) is 0 Å². The lowest BCUT2D eigenvalue weighted by Crippen LogP contribution is -2.04. The lowest BCUT2D eigenvalue weighted by molar-refractivity contribution is 0.484. The van der Waals surface area contributed by atoms with Gasteiger partial charge in [-0.2, -0.15) is 0 Å². The standard InChI is InChI=1S/C14H13ClN2OS/c1-19-14(16)17-13-11(15)8-5-9-12(13)18-10-6-3-2-4-7-10/h2-9H,1H3,(H2,16,17). The van der Waals surface area contributed by atoms with Crippen LogP contribution in [0.5, 0.6) is 11.5 Å². The predicted molar refractivity (Wildman–Crippen MR) is 82.8 cm³/mol. The molecule has 0 aromatic heterocycles. The maximum Gasteiger partial charge on any atom is 0.159 e. The highest BCUT2D eigenvalue weighted by Crippen LogP contribution is 2.37. The van der Waals surface area contributed by atoms with Crippen molar-refractivity contribution in [3.05, 3.63) is 53.6 Å². The van der Waals surface area contributed by atoms with E-state index in [-0.39, 0.29) is 0 Å². The van der Waals surface area contributed by atoms with Crippen molar-refractivity contribution in [2.75, 3.05) is 6.26 Å². The van der Waals surface area contributed by atoms with Gasteiger partial charge in [0.2, 0.25) is 0 Å². The molecule has 0 aliphatic heterocycles. The number of thioether (sulfide) groups is 1. The Bertz CT molecular complexity index is 587. The van der Waals surface area contributed by atoms with Crippen LogP contribution in [0.15, 0.2) is 53.5 Å². The van der Waals surface area contributed by atoms with Crippen molar-refractivity contribution < 1.29 is 4.74 Å². The number of halogens is 1. The number of para-hydroxylation sites is 2. The fourth-order valence-electron chi connectivity index (χ4n) is 1.46. The van der Waals surface area contributed by atoms with E-state index in [1.807, 2.05) is 48.7 Å². The molecule has 0 spiro atoms. The predicted octanol–water partition coefficient (Wildman–Crippen LogP) is 4.44. The summed E-state index contributed by atoms with van der Waals surface area (Å²) in [5.74, 6) is 1.31. The number of ether oxygens (including phenoxy) is 1. The first-order valence-corrected chi connectivity index (χ1v) is 7.20. The van der Waals surface area contributed by atoms with Crippen LogP contribution in [0.2, 0.25) is 5.02 Å². The summed E-state index contributed by atoms with van der Waals surface area (Å²) in [5.41, 5.74) is 6.28. The summed E-state index contributed by atoms with van der Waals surface area (Å²) < 4.78 is 5.78. The summed E-state index contributed by atoms with van der Waals surface area (Å²) in [6, 6.07) is 14.8. The van der Waals surface area contributed by atoms with Gasteiger partial charge in [0.25, 0.3) is 0 Å². The Morgan fingerprint density at radius 1 is 1.16 bits per heavy atom. The van der Waals surface area contributed by atoms with Crippen LogP contribution in [-0.2, 0) is 0 Å². The molecule has 2 aromatic rings. The van der Waals surface area contributed by atoms with Crippen LogP contribution >= 0.6 is 23.4 Å². The normalized spacial score (nSPS) is 11.4. The van der Waals surface area contributed by atoms with Crippen molar-refractivity contribution in [2.24, 2.45) is 10.7 Å². The van der Waals surface area contributed by atoms with Gasteiger partial charge >= 0.3 is 0 Å². The van der Waals surface area contributed by atoms with Crippen molar-refractivity contribution in [1.82, 2.24) is 0 Å². The van der Waals surface area contributed by atoms with Gasteiger partial charge in [-0.1, -0.05) is 47.6 Å². The third-order valence-electron chi connectivity index (χ3n) is 2.35. The van der Waals surface area contributed by atoms with Gasteiger partial charge in [0.1, 0.15) is 11.4 Å². The number of nitrogens with zero attached hydrogens (tertiary/aromatic N) is 1. The van der Waals surface area contributed by atoms with Crippen LogP contribution in [0.25, 0.3) is 0 Å². The van der Waals surface area contributed by atoms with E-state index in [1.165, 1.54) is 11.8 Å². The first kappa shape index (κ1) is 13.8. The highest BCUT2D eigenvalue weighted by atomic mass is 35.5. The largest absolute Gasteiger partial charge is 0.455 e. The molecule has 0 heterocycles. The average Bonchev–Trinajstić information content (AvgIpc) is 2.43. The molecular weight excluding hydrogens is 280 g/mol. The van der Waals surface area contributed by atoms with E-state index < -0.39 is 0 Å². The smallest absolute Gasteiger partial charge is 0.159 e. The number of hydrogen-bond acceptors (Lipinski definition) is 3. The molecular formula is C14H13ClN2OS. The fraction of sp³-hybridized carbons (Fsp3) is 0.0714. The Morgan fingerprint density at radius 2 is 1.89 bits per heavy atom. The molecule has 0 bridgehead atoms. The van der Waals surface area contributed by atoms with Crippen LogP contribution in [0, 0.1) is 0 Å². The molecule has 5 heteroatoms. The third kappa shape index (κ3) is 3.66. The molecule has 0 aliphatic rings. The number of amidine groups is 1. The topological polar surface area (TPSA) is 47.6 Å². The average molecular weight is 293 g/mol. The minimum atomic E-state index is 0.436. The molecule has 19 heavy (non-hydrogen) atoms. The fourth-order valence-corrected chi connectivity index (χ4v) is 1.85. The highest BCUT2D eigenvalue weighted by molar-refractivity contribution is 8.13. The van der Waals surface area contributed by atoms with Gasteiger partial charge in [0, 0.05) is 0 Å². The summed E-state index contributed by atoms with van der Waals surface area (Å²) in [7, 11) is 0. The minimum Gasteiger partial charge on any atom is -0.455 e. The zero-order valence-electron chi connectivity index (χ0n) is 10.3. The molecule has 98 valence electrons. The van der Waals surface area contributed by atoms with E-state index in [0.29, 0.717) is 21.6 Å². The van der Waals surface area contributed by atoms with Crippen LogP contribution in [0.3, 0.4) is 0 Å². The van der Waals surface area contributed by atoms with Gasteiger partial charge in [-0.05, 0) is 30.5 Å². The molecule has 0 aliphatic carbocycles. The lowest BCUT2D eigenvalue weighted by Gasteiger charge is -2.09. The quantitative estimate of drug-likeness (QED) is 0.672. The Labute approximate surface area is 121 Å². The van der Waals surface area contributed by atoms with Crippen LogP contribution < -0.4 is 10.5 Å². The molecule has 2 rings (SSSR count). The zero-order valence-corrected chi connectivity index (χ0v) is 11.9. The number of hydrogen-bond donors (Lipinski definition) is 1. The van der Waals surface area contributed by atoms with Crippen molar-refractivity contribution in [1.29, 1.82) is 0 Å². The Morgan fingerprint density at radius 3 is 2.58 bits per heavy atom. The molecule has 2 aromatic carbocycles. The lowest BCUT2D eigenvalue weighted by atomic mass is 10.3. The van der Waals surface area contributed by atoms with Gasteiger partial charge in [0.05, 0.1) is 5.02 Å². The first-order chi connectivity index (χ1) is 9.20. The SMILES string of the molecule is CSC(N)=Nc1c(Cl)cccc1Oc1ccccc1. The monoisotopic (exact) mass is 292 g/mol. The highest BCUT2D eigenvalue weighted by Gasteiger charge is 2.09. The Hall–Kier alpha value is -1.65. The van der Waals surface area contributed by atoms with E-state index in [1.54, 1.807) is 6.07 Å². The minimum absolute atomic E-state index is 0.436. The number of benzene rings is 2. The molecule has 0 amide bonds. The number of rotatable bonds is 3. The molecule has 0 unspecified atom stereocenters. The summed E-state index contributed by atoms with van der Waals surface area (Å²) in [6.07, 6.45) is 1.85. The first-order valence-electron chi connectivity index (χ1n) is 5.60. The van der Waals surface area contributed by atoms with Gasteiger partial charge in [-0.25, -0.2) is 4.99 Å². The second-order valence-corrected chi connectivity index (χ2v) is 4.89. The van der Waals surface area contributed by atoms with Crippen molar-refractivity contribution in [3.8, 4) is 11.5 Å². The molecule has 0 atom stereocenters. The maximum absolute atomic E-state index is 6.14. The molecule has 0 saturated heterocycles. The summed E-state index contributed by atoms with van der Waals surface area (Å²) >= 11 is 7.50. The maximum atomic E-state index is 6.14.